The number of amides is 1. The normalized spacial score (nSPS) is 14.3. The lowest BCUT2D eigenvalue weighted by atomic mass is 10.0. The first-order valence-corrected chi connectivity index (χ1v) is 10.3. The van der Waals surface area contributed by atoms with Crippen LogP contribution in [-0.4, -0.2) is 41.6 Å². The Labute approximate surface area is 177 Å². The Morgan fingerprint density at radius 2 is 1.55 bits per heavy atom. The molecule has 4 nitrogen and oxygen atoms in total. The highest BCUT2D eigenvalue weighted by Crippen LogP contribution is 2.31. The van der Waals surface area contributed by atoms with Crippen molar-refractivity contribution in [3.63, 3.8) is 0 Å². The molecule has 2 heterocycles. The van der Waals surface area contributed by atoms with Crippen molar-refractivity contribution in [1.29, 1.82) is 0 Å². The molecule has 1 saturated heterocycles. The third kappa shape index (κ3) is 3.77. The summed E-state index contributed by atoms with van der Waals surface area (Å²) in [7, 11) is 1.95. The molecule has 0 radical (unpaired) electrons. The average Bonchev–Trinajstić information content (AvgIpc) is 3.02. The molecule has 5 heteroatoms. The van der Waals surface area contributed by atoms with E-state index in [1.54, 1.807) is 0 Å². The molecule has 1 aliphatic heterocycles. The minimum absolute atomic E-state index is 0.0926. The average molecular weight is 408 g/mol. The van der Waals surface area contributed by atoms with E-state index in [9.17, 15) is 4.79 Å². The van der Waals surface area contributed by atoms with Gasteiger partial charge in [0.15, 0.2) is 0 Å². The number of nitrogens with zero attached hydrogens (tertiary/aromatic N) is 3. The van der Waals surface area contributed by atoms with Crippen molar-refractivity contribution in [2.75, 3.05) is 31.1 Å². The number of carbonyl (C=O) groups is 1. The predicted molar refractivity (Wildman–Crippen MR) is 120 cm³/mol. The minimum Gasteiger partial charge on any atom is -0.368 e. The number of hydrogen-bond donors (Lipinski definition) is 0. The predicted octanol–water partition coefficient (Wildman–Crippen LogP) is 4.92. The maximum Gasteiger partial charge on any atom is 0.271 e. The van der Waals surface area contributed by atoms with Crippen LogP contribution in [0, 0.1) is 13.8 Å². The summed E-state index contributed by atoms with van der Waals surface area (Å²) in [6.07, 6.45) is 2.03. The van der Waals surface area contributed by atoms with Crippen LogP contribution in [0.2, 0.25) is 5.02 Å². The second-order valence-electron chi connectivity index (χ2n) is 7.72. The van der Waals surface area contributed by atoms with Crippen LogP contribution < -0.4 is 4.90 Å². The van der Waals surface area contributed by atoms with Gasteiger partial charge >= 0.3 is 0 Å². The van der Waals surface area contributed by atoms with Gasteiger partial charge in [0.05, 0.1) is 0 Å². The number of piperazine rings is 1. The third-order valence-corrected chi connectivity index (χ3v) is 5.98. The van der Waals surface area contributed by atoms with Gasteiger partial charge in [-0.25, -0.2) is 0 Å². The Morgan fingerprint density at radius 3 is 2.21 bits per heavy atom. The summed E-state index contributed by atoms with van der Waals surface area (Å²) < 4.78 is 1.95. The van der Waals surface area contributed by atoms with Crippen molar-refractivity contribution in [2.24, 2.45) is 7.05 Å². The van der Waals surface area contributed by atoms with Gasteiger partial charge in [0.1, 0.15) is 5.69 Å². The number of anilines is 1. The largest absolute Gasteiger partial charge is 0.368 e. The van der Waals surface area contributed by atoms with E-state index in [0.717, 1.165) is 48.6 Å². The molecular formula is C24H26ClN3O. The van der Waals surface area contributed by atoms with Crippen molar-refractivity contribution in [3.05, 3.63) is 76.6 Å². The lowest BCUT2D eigenvalue weighted by molar-refractivity contribution is 0.0738. The number of hydrogen-bond acceptors (Lipinski definition) is 2. The van der Waals surface area contributed by atoms with Crippen molar-refractivity contribution < 1.29 is 4.79 Å². The Balaban J connectivity index is 1.57. The van der Waals surface area contributed by atoms with E-state index < -0.39 is 0 Å². The van der Waals surface area contributed by atoms with Crippen LogP contribution in [0.3, 0.4) is 0 Å². The first-order chi connectivity index (χ1) is 14.0. The number of aromatic nitrogens is 1. The number of carbonyl (C=O) groups excluding carboxylic acids is 1. The molecule has 0 N–H and O–H groups in total. The van der Waals surface area contributed by atoms with E-state index in [4.69, 9.17) is 11.6 Å². The summed E-state index contributed by atoms with van der Waals surface area (Å²) in [5, 5.41) is 0.697. The van der Waals surface area contributed by atoms with E-state index >= 15 is 0 Å². The van der Waals surface area contributed by atoms with Crippen molar-refractivity contribution in [2.45, 2.75) is 13.8 Å². The zero-order valence-electron chi connectivity index (χ0n) is 17.2. The molecule has 2 aromatic carbocycles. The van der Waals surface area contributed by atoms with Gasteiger partial charge in [0.25, 0.3) is 5.91 Å². The SMILES string of the molecule is Cc1ccccc1N1CCN(C(=O)c2c(-c3ccc(Cl)cc3)c(C)cn2C)CC1. The first kappa shape index (κ1) is 19.6. The zero-order valence-corrected chi connectivity index (χ0v) is 17.9. The van der Waals surface area contributed by atoms with E-state index in [-0.39, 0.29) is 5.91 Å². The summed E-state index contributed by atoms with van der Waals surface area (Å²) in [5.41, 5.74) is 6.39. The summed E-state index contributed by atoms with van der Waals surface area (Å²) in [4.78, 5) is 17.8. The molecule has 0 spiro atoms. The molecule has 3 aromatic rings. The van der Waals surface area contributed by atoms with Crippen molar-refractivity contribution in [1.82, 2.24) is 9.47 Å². The second-order valence-corrected chi connectivity index (χ2v) is 8.16. The molecule has 0 aliphatic carbocycles. The van der Waals surface area contributed by atoms with Gasteiger partial charge in [-0.1, -0.05) is 41.9 Å². The highest BCUT2D eigenvalue weighted by molar-refractivity contribution is 6.30. The Kier molecular flexibility index (Phi) is 5.37. The van der Waals surface area contributed by atoms with Crippen LogP contribution in [0.1, 0.15) is 21.6 Å². The fraction of sp³-hybridized carbons (Fsp3) is 0.292. The molecule has 29 heavy (non-hydrogen) atoms. The molecule has 4 rings (SSSR count). The standard InChI is InChI=1S/C24H26ClN3O/c1-17-6-4-5-7-21(17)27-12-14-28(15-13-27)24(29)23-22(18(2)16-26(23)3)19-8-10-20(25)11-9-19/h4-11,16H,12-15H2,1-3H3. The molecule has 0 atom stereocenters. The fourth-order valence-electron chi connectivity index (χ4n) is 4.24. The molecule has 1 fully saturated rings. The topological polar surface area (TPSA) is 28.5 Å². The number of benzene rings is 2. The molecule has 0 unspecified atom stereocenters. The van der Waals surface area contributed by atoms with Gasteiger partial charge in [-0.15, -0.1) is 0 Å². The molecule has 0 bridgehead atoms. The van der Waals surface area contributed by atoms with E-state index in [1.165, 1.54) is 11.3 Å². The van der Waals surface area contributed by atoms with Gasteiger partial charge in [-0.2, -0.15) is 0 Å². The van der Waals surface area contributed by atoms with Crippen LogP contribution in [0.15, 0.2) is 54.7 Å². The van der Waals surface area contributed by atoms with Gasteiger partial charge in [0.2, 0.25) is 0 Å². The molecule has 1 aromatic heterocycles. The van der Waals surface area contributed by atoms with Crippen molar-refractivity contribution in [3.8, 4) is 11.1 Å². The van der Waals surface area contributed by atoms with Crippen LogP contribution in [0.25, 0.3) is 11.1 Å². The van der Waals surface area contributed by atoms with Crippen LogP contribution >= 0.6 is 11.6 Å². The smallest absolute Gasteiger partial charge is 0.271 e. The Bertz CT molecular complexity index is 1030. The summed E-state index contributed by atoms with van der Waals surface area (Å²) in [6, 6.07) is 16.1. The lowest BCUT2D eigenvalue weighted by Gasteiger charge is -2.37. The highest BCUT2D eigenvalue weighted by Gasteiger charge is 2.27. The Morgan fingerprint density at radius 1 is 0.897 bits per heavy atom. The monoisotopic (exact) mass is 407 g/mol. The summed E-state index contributed by atoms with van der Waals surface area (Å²) in [6.45, 7) is 7.32. The number of halogens is 1. The number of rotatable bonds is 3. The van der Waals surface area contributed by atoms with E-state index in [0.29, 0.717) is 5.02 Å². The lowest BCUT2D eigenvalue weighted by Crippen LogP contribution is -2.49. The number of para-hydroxylation sites is 1. The first-order valence-electron chi connectivity index (χ1n) is 9.97. The van der Waals surface area contributed by atoms with Gasteiger partial charge in [-0.05, 0) is 48.7 Å². The number of aryl methyl sites for hydroxylation is 3. The van der Waals surface area contributed by atoms with Gasteiger partial charge < -0.3 is 14.4 Å². The van der Waals surface area contributed by atoms with Crippen LogP contribution in [0.5, 0.6) is 0 Å². The summed E-state index contributed by atoms with van der Waals surface area (Å²) in [5.74, 6) is 0.0926. The molecule has 0 saturated carbocycles. The highest BCUT2D eigenvalue weighted by atomic mass is 35.5. The quantitative estimate of drug-likeness (QED) is 0.616. The maximum absolute atomic E-state index is 13.5. The van der Waals surface area contributed by atoms with Crippen molar-refractivity contribution >= 4 is 23.2 Å². The van der Waals surface area contributed by atoms with Gasteiger partial charge in [0, 0.05) is 55.7 Å². The van der Waals surface area contributed by atoms with Crippen LogP contribution in [0.4, 0.5) is 5.69 Å². The van der Waals surface area contributed by atoms with E-state index in [1.807, 2.05) is 47.0 Å². The van der Waals surface area contributed by atoms with E-state index in [2.05, 4.69) is 43.0 Å². The maximum atomic E-state index is 13.5. The third-order valence-electron chi connectivity index (χ3n) is 5.73. The second kappa shape index (κ2) is 7.96. The summed E-state index contributed by atoms with van der Waals surface area (Å²) >= 11 is 6.06. The van der Waals surface area contributed by atoms with Crippen LogP contribution in [-0.2, 0) is 7.05 Å². The Hall–Kier alpha value is -2.72. The molecule has 150 valence electrons. The molecular weight excluding hydrogens is 382 g/mol. The fourth-order valence-corrected chi connectivity index (χ4v) is 4.37. The molecule has 1 aliphatic rings. The zero-order chi connectivity index (χ0) is 20.5. The molecule has 1 amide bonds. The minimum atomic E-state index is 0.0926. The van der Waals surface area contributed by atoms with Gasteiger partial charge in [-0.3, -0.25) is 4.79 Å².